The lowest BCUT2D eigenvalue weighted by atomic mass is 9.87. The Labute approximate surface area is 107 Å². The summed E-state index contributed by atoms with van der Waals surface area (Å²) in [6, 6.07) is 1.77. The van der Waals surface area contributed by atoms with Gasteiger partial charge in [0.2, 0.25) is 0 Å². The Bertz CT molecular complexity index is 417. The summed E-state index contributed by atoms with van der Waals surface area (Å²) in [7, 11) is 0. The molecular formula is C14H21NO3. The number of carbonyl (C=O) groups is 1. The van der Waals surface area contributed by atoms with Crippen molar-refractivity contribution in [3.8, 4) is 0 Å². The van der Waals surface area contributed by atoms with Gasteiger partial charge in [0.25, 0.3) is 5.91 Å². The van der Waals surface area contributed by atoms with Crippen LogP contribution in [0.5, 0.6) is 0 Å². The Morgan fingerprint density at radius 1 is 1.39 bits per heavy atom. The molecule has 2 rings (SSSR count). The number of hydrogen-bond donors (Lipinski definition) is 2. The quantitative estimate of drug-likeness (QED) is 0.865. The van der Waals surface area contributed by atoms with E-state index in [9.17, 15) is 9.90 Å². The first-order valence-electron chi connectivity index (χ1n) is 6.59. The molecule has 4 nitrogen and oxygen atoms in total. The van der Waals surface area contributed by atoms with E-state index in [2.05, 4.69) is 5.32 Å². The molecule has 1 aromatic rings. The summed E-state index contributed by atoms with van der Waals surface area (Å²) in [5.41, 5.74) is 0.628. The minimum Gasteiger partial charge on any atom is -0.466 e. The number of furan rings is 1. The summed E-state index contributed by atoms with van der Waals surface area (Å²) in [6.07, 6.45) is 3.54. The predicted molar refractivity (Wildman–Crippen MR) is 68.5 cm³/mol. The van der Waals surface area contributed by atoms with Crippen LogP contribution in [0.15, 0.2) is 10.5 Å². The molecule has 4 heteroatoms. The Morgan fingerprint density at radius 3 is 2.61 bits per heavy atom. The van der Waals surface area contributed by atoms with Crippen molar-refractivity contribution >= 4 is 5.91 Å². The van der Waals surface area contributed by atoms with E-state index in [0.29, 0.717) is 23.8 Å². The first-order valence-corrected chi connectivity index (χ1v) is 6.59. The Hall–Kier alpha value is -1.29. The second-order valence-corrected chi connectivity index (χ2v) is 5.21. The van der Waals surface area contributed by atoms with Gasteiger partial charge in [-0.1, -0.05) is 0 Å². The maximum Gasteiger partial charge on any atom is 0.254 e. The molecule has 1 fully saturated rings. The summed E-state index contributed by atoms with van der Waals surface area (Å²) in [6.45, 7) is 4.33. The van der Waals surface area contributed by atoms with Gasteiger partial charge in [-0.05, 0) is 51.5 Å². The average molecular weight is 251 g/mol. The van der Waals surface area contributed by atoms with E-state index in [0.717, 1.165) is 31.4 Å². The van der Waals surface area contributed by atoms with Crippen molar-refractivity contribution in [1.29, 1.82) is 0 Å². The summed E-state index contributed by atoms with van der Waals surface area (Å²) in [5.74, 6) is 1.86. The molecule has 0 aromatic carbocycles. The Morgan fingerprint density at radius 2 is 2.06 bits per heavy atom. The van der Waals surface area contributed by atoms with Gasteiger partial charge in [0.1, 0.15) is 11.5 Å². The van der Waals surface area contributed by atoms with Gasteiger partial charge in [-0.25, -0.2) is 0 Å². The van der Waals surface area contributed by atoms with Crippen LogP contribution in [0.4, 0.5) is 0 Å². The normalized spacial score (nSPS) is 23.9. The van der Waals surface area contributed by atoms with Crippen LogP contribution in [0.2, 0.25) is 0 Å². The SMILES string of the molecule is Cc1cc(C(=O)NCC2CCC(O)CC2)c(C)o1. The van der Waals surface area contributed by atoms with Crippen LogP contribution in [0, 0.1) is 19.8 Å². The van der Waals surface area contributed by atoms with Crippen LogP contribution < -0.4 is 5.32 Å². The summed E-state index contributed by atoms with van der Waals surface area (Å²) in [4.78, 5) is 12.0. The highest BCUT2D eigenvalue weighted by Gasteiger charge is 2.20. The minimum absolute atomic E-state index is 0.0597. The zero-order valence-electron chi connectivity index (χ0n) is 11.0. The van der Waals surface area contributed by atoms with E-state index in [1.54, 1.807) is 13.0 Å². The largest absolute Gasteiger partial charge is 0.466 e. The molecule has 18 heavy (non-hydrogen) atoms. The van der Waals surface area contributed by atoms with Crippen LogP contribution >= 0.6 is 0 Å². The molecule has 0 bridgehead atoms. The van der Waals surface area contributed by atoms with Gasteiger partial charge in [-0.2, -0.15) is 0 Å². The number of aryl methyl sites for hydroxylation is 2. The highest BCUT2D eigenvalue weighted by Crippen LogP contribution is 2.23. The number of nitrogens with one attached hydrogen (secondary N) is 1. The fraction of sp³-hybridized carbons (Fsp3) is 0.643. The number of carbonyl (C=O) groups excluding carboxylic acids is 1. The van der Waals surface area contributed by atoms with Gasteiger partial charge >= 0.3 is 0 Å². The third-order valence-electron chi connectivity index (χ3n) is 3.65. The molecule has 1 saturated carbocycles. The van der Waals surface area contributed by atoms with Crippen molar-refractivity contribution in [2.24, 2.45) is 5.92 Å². The first-order chi connectivity index (χ1) is 8.56. The minimum atomic E-state index is -0.143. The second kappa shape index (κ2) is 5.57. The molecule has 0 aliphatic heterocycles. The monoisotopic (exact) mass is 251 g/mol. The van der Waals surface area contributed by atoms with E-state index in [1.165, 1.54) is 0 Å². The Kier molecular flexibility index (Phi) is 4.07. The first kappa shape index (κ1) is 13.1. The van der Waals surface area contributed by atoms with Gasteiger partial charge in [-0.15, -0.1) is 0 Å². The zero-order valence-corrected chi connectivity index (χ0v) is 11.0. The fourth-order valence-electron chi connectivity index (χ4n) is 2.54. The average Bonchev–Trinajstić information content (AvgIpc) is 2.67. The molecule has 0 radical (unpaired) electrons. The highest BCUT2D eigenvalue weighted by atomic mass is 16.3. The van der Waals surface area contributed by atoms with E-state index < -0.39 is 0 Å². The van der Waals surface area contributed by atoms with Crippen LogP contribution in [0.1, 0.15) is 47.6 Å². The van der Waals surface area contributed by atoms with Crippen molar-refractivity contribution in [2.45, 2.75) is 45.6 Å². The Balaban J connectivity index is 1.83. The highest BCUT2D eigenvalue weighted by molar-refractivity contribution is 5.95. The lowest BCUT2D eigenvalue weighted by Gasteiger charge is -2.25. The number of aliphatic hydroxyl groups excluding tert-OH is 1. The number of amides is 1. The maximum atomic E-state index is 12.0. The number of hydrogen-bond acceptors (Lipinski definition) is 3. The van der Waals surface area contributed by atoms with Crippen LogP contribution in [-0.4, -0.2) is 23.7 Å². The standard InChI is InChI=1S/C14H21NO3/c1-9-7-13(10(2)18-9)14(17)15-8-11-3-5-12(16)6-4-11/h7,11-12,16H,3-6,8H2,1-2H3,(H,15,17). The fourth-order valence-corrected chi connectivity index (χ4v) is 2.54. The van der Waals surface area contributed by atoms with E-state index in [4.69, 9.17) is 4.42 Å². The lowest BCUT2D eigenvalue weighted by Crippen LogP contribution is -2.32. The van der Waals surface area contributed by atoms with E-state index in [1.807, 2.05) is 6.92 Å². The molecule has 1 amide bonds. The summed E-state index contributed by atoms with van der Waals surface area (Å²) < 4.78 is 5.35. The molecule has 100 valence electrons. The van der Waals surface area contributed by atoms with Crippen molar-refractivity contribution < 1.29 is 14.3 Å². The summed E-state index contributed by atoms with van der Waals surface area (Å²) in [5, 5.41) is 12.4. The van der Waals surface area contributed by atoms with Gasteiger partial charge < -0.3 is 14.8 Å². The van der Waals surface area contributed by atoms with Gasteiger partial charge in [-0.3, -0.25) is 4.79 Å². The molecule has 0 unspecified atom stereocenters. The third-order valence-corrected chi connectivity index (χ3v) is 3.65. The van der Waals surface area contributed by atoms with Crippen molar-refractivity contribution in [3.05, 3.63) is 23.2 Å². The molecule has 1 aromatic heterocycles. The third kappa shape index (κ3) is 3.13. The molecule has 1 aliphatic carbocycles. The molecule has 0 saturated heterocycles. The molecule has 2 N–H and O–H groups in total. The van der Waals surface area contributed by atoms with Crippen LogP contribution in [0.25, 0.3) is 0 Å². The molecule has 0 atom stereocenters. The molecule has 1 aliphatic rings. The van der Waals surface area contributed by atoms with Crippen molar-refractivity contribution in [2.75, 3.05) is 6.54 Å². The number of rotatable bonds is 3. The number of aliphatic hydroxyl groups is 1. The predicted octanol–water partition coefficient (Wildman–Crippen LogP) is 2.18. The van der Waals surface area contributed by atoms with Gasteiger partial charge in [0.15, 0.2) is 0 Å². The second-order valence-electron chi connectivity index (χ2n) is 5.21. The lowest BCUT2D eigenvalue weighted by molar-refractivity contribution is 0.0909. The maximum absolute atomic E-state index is 12.0. The molecule has 0 spiro atoms. The van der Waals surface area contributed by atoms with E-state index in [-0.39, 0.29) is 12.0 Å². The van der Waals surface area contributed by atoms with Gasteiger partial charge in [0.05, 0.1) is 11.7 Å². The summed E-state index contributed by atoms with van der Waals surface area (Å²) >= 11 is 0. The van der Waals surface area contributed by atoms with Crippen LogP contribution in [-0.2, 0) is 0 Å². The molecular weight excluding hydrogens is 230 g/mol. The van der Waals surface area contributed by atoms with Crippen molar-refractivity contribution in [3.63, 3.8) is 0 Å². The zero-order chi connectivity index (χ0) is 13.1. The van der Waals surface area contributed by atoms with Crippen molar-refractivity contribution in [1.82, 2.24) is 5.32 Å². The smallest absolute Gasteiger partial charge is 0.254 e. The van der Waals surface area contributed by atoms with Crippen LogP contribution in [0.3, 0.4) is 0 Å². The topological polar surface area (TPSA) is 62.5 Å². The molecule has 1 heterocycles. The van der Waals surface area contributed by atoms with E-state index >= 15 is 0 Å². The van der Waals surface area contributed by atoms with Gasteiger partial charge in [0, 0.05) is 6.54 Å².